The minimum atomic E-state index is -1.51. The number of ether oxygens (including phenoxy) is 2. The second kappa shape index (κ2) is 9.02. The fourth-order valence-electron chi connectivity index (χ4n) is 0.775. The van der Waals surface area contributed by atoms with Gasteiger partial charge in [-0.3, -0.25) is 0 Å². The van der Waals surface area contributed by atoms with Crippen LogP contribution >= 0.6 is 0 Å². The van der Waals surface area contributed by atoms with Crippen LogP contribution < -0.4 is 0 Å². The predicted molar refractivity (Wildman–Crippen MR) is 51.9 cm³/mol. The fourth-order valence-corrected chi connectivity index (χ4v) is 0.775. The van der Waals surface area contributed by atoms with Crippen molar-refractivity contribution in [2.75, 3.05) is 19.8 Å². The van der Waals surface area contributed by atoms with E-state index in [-0.39, 0.29) is 6.61 Å². The summed E-state index contributed by atoms with van der Waals surface area (Å²) in [5, 5.41) is 35.7. The number of aliphatic hydroxyl groups is 4. The van der Waals surface area contributed by atoms with Crippen LogP contribution in [0.5, 0.6) is 0 Å². The summed E-state index contributed by atoms with van der Waals surface area (Å²) in [5.74, 6) is 0. The molecule has 0 saturated carbocycles. The molecule has 6 nitrogen and oxygen atoms in total. The van der Waals surface area contributed by atoms with Gasteiger partial charge in [0, 0.05) is 6.61 Å². The maximum atomic E-state index is 9.19. The molecule has 92 valence electrons. The average Bonchev–Trinajstić information content (AvgIpc) is 2.25. The summed E-state index contributed by atoms with van der Waals surface area (Å²) in [4.78, 5) is 0. The summed E-state index contributed by atoms with van der Waals surface area (Å²) in [7, 11) is 0. The zero-order valence-corrected chi connectivity index (χ0v) is 8.87. The molecule has 0 radical (unpaired) electrons. The minimum absolute atomic E-state index is 0.258. The Bertz CT molecular complexity index is 143. The van der Waals surface area contributed by atoms with E-state index in [0.29, 0.717) is 6.61 Å². The van der Waals surface area contributed by atoms with Gasteiger partial charge in [0.2, 0.25) is 12.6 Å². The number of aliphatic hydroxyl groups excluding tert-OH is 4. The molecule has 0 saturated heterocycles. The van der Waals surface area contributed by atoms with E-state index < -0.39 is 25.3 Å². The quantitative estimate of drug-likeness (QED) is 0.290. The summed E-state index contributed by atoms with van der Waals surface area (Å²) in [6.07, 6.45) is -2.30. The van der Waals surface area contributed by atoms with Crippen LogP contribution in [0, 0.1) is 0 Å². The summed E-state index contributed by atoms with van der Waals surface area (Å²) in [6, 6.07) is 0. The van der Waals surface area contributed by atoms with Crippen LogP contribution in [0.4, 0.5) is 0 Å². The van der Waals surface area contributed by atoms with Crippen molar-refractivity contribution in [3.05, 3.63) is 0 Å². The molecule has 0 aromatic heterocycles. The lowest BCUT2D eigenvalue weighted by Gasteiger charge is -2.19. The molecule has 0 fully saturated rings. The molecule has 0 aliphatic heterocycles. The van der Waals surface area contributed by atoms with Crippen molar-refractivity contribution in [1.82, 2.24) is 0 Å². The smallest absolute Gasteiger partial charge is 0.206 e. The Morgan fingerprint density at radius 3 is 2.20 bits per heavy atom. The van der Waals surface area contributed by atoms with Crippen LogP contribution in [-0.2, 0) is 9.47 Å². The van der Waals surface area contributed by atoms with E-state index in [1.54, 1.807) is 0 Å². The molecule has 0 spiro atoms. The number of rotatable bonds is 9. The van der Waals surface area contributed by atoms with Gasteiger partial charge in [-0.15, -0.1) is 0 Å². The summed E-state index contributed by atoms with van der Waals surface area (Å²) < 4.78 is 9.50. The maximum absolute atomic E-state index is 9.19. The molecule has 0 rings (SSSR count). The van der Waals surface area contributed by atoms with Crippen LogP contribution in [0.1, 0.15) is 19.8 Å². The molecule has 0 bridgehead atoms. The largest absolute Gasteiger partial charge is 0.394 e. The van der Waals surface area contributed by atoms with Gasteiger partial charge in [0.05, 0.1) is 13.2 Å². The van der Waals surface area contributed by atoms with Gasteiger partial charge in [-0.05, 0) is 6.42 Å². The average molecular weight is 224 g/mol. The standard InChI is InChI=1S/C9H20O6/c1-2-3-4-14-8(12)9(13)15-6-7(11)5-10/h7-13H,2-6H2,1H3. The highest BCUT2D eigenvalue weighted by atomic mass is 16.7. The Kier molecular flexibility index (Phi) is 8.88. The highest BCUT2D eigenvalue weighted by Crippen LogP contribution is 2.01. The highest BCUT2D eigenvalue weighted by Gasteiger charge is 2.18. The van der Waals surface area contributed by atoms with Crippen molar-refractivity contribution in [2.24, 2.45) is 0 Å². The lowest BCUT2D eigenvalue weighted by molar-refractivity contribution is -0.257. The number of hydrogen-bond donors (Lipinski definition) is 4. The Hall–Kier alpha value is -0.240. The van der Waals surface area contributed by atoms with E-state index >= 15 is 0 Å². The van der Waals surface area contributed by atoms with Crippen molar-refractivity contribution in [3.8, 4) is 0 Å². The van der Waals surface area contributed by atoms with Gasteiger partial charge in [0.25, 0.3) is 0 Å². The zero-order valence-electron chi connectivity index (χ0n) is 8.87. The van der Waals surface area contributed by atoms with Crippen LogP contribution in [0.25, 0.3) is 0 Å². The van der Waals surface area contributed by atoms with E-state index in [1.165, 1.54) is 0 Å². The van der Waals surface area contributed by atoms with Gasteiger partial charge in [-0.25, -0.2) is 0 Å². The molecule has 0 aliphatic rings. The first-order valence-corrected chi connectivity index (χ1v) is 5.00. The Labute approximate surface area is 89.1 Å². The minimum Gasteiger partial charge on any atom is -0.394 e. The normalized spacial score (nSPS) is 17.4. The van der Waals surface area contributed by atoms with Crippen LogP contribution in [0.15, 0.2) is 0 Å². The molecular formula is C9H20O6. The SMILES string of the molecule is CCCCOC(O)C(O)OCC(O)CO. The molecule has 3 atom stereocenters. The van der Waals surface area contributed by atoms with Gasteiger partial charge in [-0.1, -0.05) is 13.3 Å². The van der Waals surface area contributed by atoms with Crippen molar-refractivity contribution < 1.29 is 29.9 Å². The fraction of sp³-hybridized carbons (Fsp3) is 1.00. The van der Waals surface area contributed by atoms with Gasteiger partial charge in [0.15, 0.2) is 0 Å². The Morgan fingerprint density at radius 2 is 1.67 bits per heavy atom. The first kappa shape index (κ1) is 14.8. The number of unbranched alkanes of at least 4 members (excludes halogenated alkanes) is 1. The van der Waals surface area contributed by atoms with Crippen LogP contribution in [-0.4, -0.2) is 58.9 Å². The van der Waals surface area contributed by atoms with Crippen LogP contribution in [0.2, 0.25) is 0 Å². The molecule has 0 aromatic carbocycles. The van der Waals surface area contributed by atoms with E-state index in [9.17, 15) is 10.2 Å². The van der Waals surface area contributed by atoms with Crippen molar-refractivity contribution in [1.29, 1.82) is 0 Å². The van der Waals surface area contributed by atoms with Crippen molar-refractivity contribution >= 4 is 0 Å². The molecule has 6 heteroatoms. The molecule has 3 unspecified atom stereocenters. The van der Waals surface area contributed by atoms with Gasteiger partial charge in [-0.2, -0.15) is 0 Å². The molecule has 0 heterocycles. The lowest BCUT2D eigenvalue weighted by Crippen LogP contribution is -2.34. The van der Waals surface area contributed by atoms with Crippen molar-refractivity contribution in [2.45, 2.75) is 38.4 Å². The first-order valence-electron chi connectivity index (χ1n) is 5.00. The summed E-state index contributed by atoms with van der Waals surface area (Å²) in [5.41, 5.74) is 0. The van der Waals surface area contributed by atoms with E-state index in [2.05, 4.69) is 4.74 Å². The highest BCUT2D eigenvalue weighted by molar-refractivity contribution is 4.52. The zero-order chi connectivity index (χ0) is 11.7. The van der Waals surface area contributed by atoms with Gasteiger partial charge < -0.3 is 29.9 Å². The topological polar surface area (TPSA) is 99.4 Å². The van der Waals surface area contributed by atoms with Gasteiger partial charge >= 0.3 is 0 Å². The van der Waals surface area contributed by atoms with E-state index in [4.69, 9.17) is 14.9 Å². The molecule has 0 aromatic rings. The number of hydrogen-bond acceptors (Lipinski definition) is 6. The third-order valence-electron chi connectivity index (χ3n) is 1.70. The van der Waals surface area contributed by atoms with E-state index in [1.807, 2.05) is 6.92 Å². The molecule has 4 N–H and O–H groups in total. The van der Waals surface area contributed by atoms with E-state index in [0.717, 1.165) is 12.8 Å². The monoisotopic (exact) mass is 224 g/mol. The third kappa shape index (κ3) is 7.66. The second-order valence-corrected chi connectivity index (χ2v) is 3.18. The van der Waals surface area contributed by atoms with Gasteiger partial charge in [0.1, 0.15) is 6.10 Å². The second-order valence-electron chi connectivity index (χ2n) is 3.18. The Balaban J connectivity index is 3.54. The lowest BCUT2D eigenvalue weighted by atomic mass is 10.4. The molecule has 0 amide bonds. The molecular weight excluding hydrogens is 204 g/mol. The third-order valence-corrected chi connectivity index (χ3v) is 1.70. The van der Waals surface area contributed by atoms with Crippen LogP contribution in [0.3, 0.4) is 0 Å². The molecule has 15 heavy (non-hydrogen) atoms. The Morgan fingerprint density at radius 1 is 1.07 bits per heavy atom. The maximum Gasteiger partial charge on any atom is 0.206 e. The summed E-state index contributed by atoms with van der Waals surface area (Å²) >= 11 is 0. The molecule has 0 aliphatic carbocycles. The predicted octanol–water partition coefficient (Wildman–Crippen LogP) is -1.19. The summed E-state index contributed by atoms with van der Waals surface area (Å²) in [6.45, 7) is 1.59. The van der Waals surface area contributed by atoms with Crippen molar-refractivity contribution in [3.63, 3.8) is 0 Å². The first-order chi connectivity index (χ1) is 7.11.